The van der Waals surface area contributed by atoms with Crippen LogP contribution in [0, 0.1) is 0 Å². The van der Waals surface area contributed by atoms with Gasteiger partial charge in [-0.3, -0.25) is 4.79 Å². The molecule has 0 saturated carbocycles. The number of nitrogens with zero attached hydrogens (tertiary/aromatic N) is 1. The molecule has 1 aromatic rings. The molecular weight excluding hydrogens is 310 g/mol. The van der Waals surface area contributed by atoms with Gasteiger partial charge in [0, 0.05) is 36.7 Å². The van der Waals surface area contributed by atoms with Crippen LogP contribution in [-0.2, 0) is 4.74 Å². The van der Waals surface area contributed by atoms with E-state index in [1.165, 1.54) is 0 Å². The van der Waals surface area contributed by atoms with Crippen LogP contribution < -0.4 is 0 Å². The summed E-state index contributed by atoms with van der Waals surface area (Å²) in [5.74, 6) is 0.112. The van der Waals surface area contributed by atoms with Crippen LogP contribution in [0.4, 0.5) is 0 Å². The molecule has 0 heterocycles. The summed E-state index contributed by atoms with van der Waals surface area (Å²) in [6.07, 6.45) is -0.0736. The lowest BCUT2D eigenvalue weighted by Gasteiger charge is -2.19. The fourth-order valence-corrected chi connectivity index (χ4v) is 2.03. The highest BCUT2D eigenvalue weighted by Gasteiger charge is 2.10. The molecule has 4 nitrogen and oxygen atoms in total. The second-order valence-corrected chi connectivity index (χ2v) is 5.47. The fourth-order valence-electron chi connectivity index (χ4n) is 1.77. The molecule has 0 saturated heterocycles. The van der Waals surface area contributed by atoms with Crippen LogP contribution in [0.1, 0.15) is 16.8 Å². The van der Waals surface area contributed by atoms with Crippen LogP contribution in [0.5, 0.6) is 0 Å². The molecule has 1 atom stereocenters. The van der Waals surface area contributed by atoms with Gasteiger partial charge >= 0.3 is 0 Å². The summed E-state index contributed by atoms with van der Waals surface area (Å²) in [6.45, 7) is 1.43. The Balaban J connectivity index is 2.35. The van der Waals surface area contributed by atoms with Gasteiger partial charge in [0.15, 0.2) is 5.78 Å². The summed E-state index contributed by atoms with van der Waals surface area (Å²) in [4.78, 5) is 13.9. The topological polar surface area (TPSA) is 49.8 Å². The van der Waals surface area contributed by atoms with E-state index in [-0.39, 0.29) is 5.78 Å². The largest absolute Gasteiger partial charge is 0.389 e. The SMILES string of the molecule is COCC(O)CN(C)CCC(=O)c1ccc(Br)cc1. The molecule has 106 valence electrons. The number of hydrogen-bond donors (Lipinski definition) is 1. The van der Waals surface area contributed by atoms with Gasteiger partial charge in [-0.15, -0.1) is 0 Å². The predicted octanol–water partition coefficient (Wildman–Crippen LogP) is 1.96. The first-order chi connectivity index (χ1) is 9.02. The monoisotopic (exact) mass is 329 g/mol. The number of ether oxygens (including phenoxy) is 1. The smallest absolute Gasteiger partial charge is 0.164 e. The maximum absolute atomic E-state index is 11.9. The molecule has 1 aromatic carbocycles. The lowest BCUT2D eigenvalue weighted by atomic mass is 10.1. The lowest BCUT2D eigenvalue weighted by Crippen LogP contribution is -2.33. The van der Waals surface area contributed by atoms with E-state index >= 15 is 0 Å². The van der Waals surface area contributed by atoms with Gasteiger partial charge in [0.1, 0.15) is 0 Å². The number of aliphatic hydroxyl groups excluding tert-OH is 1. The van der Waals surface area contributed by atoms with Crippen LogP contribution in [0.25, 0.3) is 0 Å². The van der Waals surface area contributed by atoms with E-state index in [4.69, 9.17) is 4.74 Å². The third-order valence-electron chi connectivity index (χ3n) is 2.77. The van der Waals surface area contributed by atoms with Crippen LogP contribution in [0.3, 0.4) is 0 Å². The Morgan fingerprint density at radius 2 is 2.05 bits per heavy atom. The molecule has 1 rings (SSSR count). The van der Waals surface area contributed by atoms with Crippen LogP contribution >= 0.6 is 15.9 Å². The number of halogens is 1. The number of likely N-dealkylation sites (N-methyl/N-ethyl adjacent to an activating group) is 1. The summed E-state index contributed by atoms with van der Waals surface area (Å²) in [6, 6.07) is 7.34. The molecule has 1 unspecified atom stereocenters. The Labute approximate surface area is 122 Å². The molecule has 0 fully saturated rings. The molecule has 0 aliphatic heterocycles. The molecule has 0 aromatic heterocycles. The minimum Gasteiger partial charge on any atom is -0.389 e. The molecule has 1 N–H and O–H groups in total. The molecule has 5 heteroatoms. The summed E-state index contributed by atoms with van der Waals surface area (Å²) in [5.41, 5.74) is 0.717. The molecule has 0 aliphatic carbocycles. The zero-order valence-corrected chi connectivity index (χ0v) is 12.9. The Kier molecular flexibility index (Phi) is 7.23. The second-order valence-electron chi connectivity index (χ2n) is 4.55. The number of ketones is 1. The van der Waals surface area contributed by atoms with Crippen molar-refractivity contribution >= 4 is 21.7 Å². The number of rotatable bonds is 8. The lowest BCUT2D eigenvalue weighted by molar-refractivity contribution is 0.0428. The summed E-state index contributed by atoms with van der Waals surface area (Å²) >= 11 is 3.34. The van der Waals surface area contributed by atoms with Crippen LogP contribution in [0.15, 0.2) is 28.7 Å². The van der Waals surface area contributed by atoms with Gasteiger partial charge in [-0.1, -0.05) is 28.1 Å². The summed E-state index contributed by atoms with van der Waals surface area (Å²) in [5, 5.41) is 9.58. The van der Waals surface area contributed by atoms with Crippen molar-refractivity contribution in [1.82, 2.24) is 4.90 Å². The molecule has 0 bridgehead atoms. The maximum Gasteiger partial charge on any atom is 0.164 e. The first-order valence-electron chi connectivity index (χ1n) is 6.17. The van der Waals surface area contributed by atoms with Crippen molar-refractivity contribution in [3.05, 3.63) is 34.3 Å². The van der Waals surface area contributed by atoms with Crippen molar-refractivity contribution in [3.63, 3.8) is 0 Å². The highest BCUT2D eigenvalue weighted by molar-refractivity contribution is 9.10. The van der Waals surface area contributed by atoms with Gasteiger partial charge in [-0.05, 0) is 19.2 Å². The van der Waals surface area contributed by atoms with Gasteiger partial charge in [-0.2, -0.15) is 0 Å². The van der Waals surface area contributed by atoms with Gasteiger partial charge < -0.3 is 14.7 Å². The van der Waals surface area contributed by atoms with Gasteiger partial charge in [0.05, 0.1) is 12.7 Å². The fraction of sp³-hybridized carbons (Fsp3) is 0.500. The van der Waals surface area contributed by atoms with E-state index in [1.54, 1.807) is 7.11 Å². The standard InChI is InChI=1S/C14H20BrNO3/c1-16(9-13(17)10-19-2)8-7-14(18)11-3-5-12(15)6-4-11/h3-6,13,17H,7-10H2,1-2H3. The highest BCUT2D eigenvalue weighted by atomic mass is 79.9. The second kappa shape index (κ2) is 8.43. The molecule has 0 radical (unpaired) electrons. The minimum absolute atomic E-state index is 0.112. The number of hydrogen-bond acceptors (Lipinski definition) is 4. The quantitative estimate of drug-likeness (QED) is 0.741. The molecular formula is C14H20BrNO3. The van der Waals surface area contributed by atoms with Crippen molar-refractivity contribution in [3.8, 4) is 0 Å². The number of methoxy groups -OCH3 is 1. The summed E-state index contributed by atoms with van der Waals surface area (Å²) in [7, 11) is 3.44. The number of carbonyl (C=O) groups is 1. The van der Waals surface area contributed by atoms with E-state index in [2.05, 4.69) is 15.9 Å². The van der Waals surface area contributed by atoms with E-state index in [0.29, 0.717) is 31.7 Å². The Hall–Kier alpha value is -0.750. The highest BCUT2D eigenvalue weighted by Crippen LogP contribution is 2.12. The third-order valence-corrected chi connectivity index (χ3v) is 3.30. The van der Waals surface area contributed by atoms with E-state index in [1.807, 2.05) is 36.2 Å². The van der Waals surface area contributed by atoms with Crippen molar-refractivity contribution in [2.45, 2.75) is 12.5 Å². The van der Waals surface area contributed by atoms with E-state index in [9.17, 15) is 9.90 Å². The van der Waals surface area contributed by atoms with Gasteiger partial charge in [-0.25, -0.2) is 0 Å². The molecule has 19 heavy (non-hydrogen) atoms. The van der Waals surface area contributed by atoms with E-state index < -0.39 is 6.10 Å². The van der Waals surface area contributed by atoms with Crippen molar-refractivity contribution in [1.29, 1.82) is 0 Å². The normalized spacial score (nSPS) is 12.7. The van der Waals surface area contributed by atoms with Crippen LogP contribution in [-0.4, -0.2) is 55.7 Å². The Morgan fingerprint density at radius 1 is 1.42 bits per heavy atom. The van der Waals surface area contributed by atoms with Crippen molar-refractivity contribution in [2.24, 2.45) is 0 Å². The average Bonchev–Trinajstić information content (AvgIpc) is 2.37. The zero-order chi connectivity index (χ0) is 14.3. The average molecular weight is 330 g/mol. The summed E-state index contributed by atoms with van der Waals surface area (Å²) < 4.78 is 5.82. The third kappa shape index (κ3) is 6.29. The number of benzene rings is 1. The number of aliphatic hydroxyl groups is 1. The Morgan fingerprint density at radius 3 is 2.63 bits per heavy atom. The first-order valence-corrected chi connectivity index (χ1v) is 6.96. The number of Topliss-reactive ketones (excluding diaryl/α,β-unsaturated/α-hetero) is 1. The van der Waals surface area contributed by atoms with Gasteiger partial charge in [0.25, 0.3) is 0 Å². The zero-order valence-electron chi connectivity index (χ0n) is 11.3. The van der Waals surface area contributed by atoms with Crippen molar-refractivity contribution < 1.29 is 14.6 Å². The molecule has 0 spiro atoms. The van der Waals surface area contributed by atoms with E-state index in [0.717, 1.165) is 4.47 Å². The van der Waals surface area contributed by atoms with Crippen LogP contribution in [0.2, 0.25) is 0 Å². The maximum atomic E-state index is 11.9. The number of carbonyl (C=O) groups excluding carboxylic acids is 1. The Bertz CT molecular complexity index is 394. The van der Waals surface area contributed by atoms with Crippen molar-refractivity contribution in [2.75, 3.05) is 33.9 Å². The molecule has 0 aliphatic rings. The van der Waals surface area contributed by atoms with Gasteiger partial charge in [0.2, 0.25) is 0 Å². The first kappa shape index (κ1) is 16.3. The predicted molar refractivity (Wildman–Crippen MR) is 78.5 cm³/mol. The molecule has 0 amide bonds. The minimum atomic E-state index is -0.516.